The van der Waals surface area contributed by atoms with Gasteiger partial charge in [-0.1, -0.05) is 172 Å². The monoisotopic (exact) mass is 742 g/mol. The Kier molecular flexibility index (Phi) is 7.80. The molecule has 0 bridgehead atoms. The molecule has 274 valence electrons. The summed E-state index contributed by atoms with van der Waals surface area (Å²) >= 11 is 0. The summed E-state index contributed by atoms with van der Waals surface area (Å²) in [6.45, 7) is 4.71. The highest BCUT2D eigenvalue weighted by atomic mass is 15.0. The average molecular weight is 743 g/mol. The van der Waals surface area contributed by atoms with Gasteiger partial charge in [0.2, 0.25) is 0 Å². The molecule has 58 heavy (non-hydrogen) atoms. The van der Waals surface area contributed by atoms with Gasteiger partial charge >= 0.3 is 0 Å². The molecule has 0 aliphatic heterocycles. The summed E-state index contributed by atoms with van der Waals surface area (Å²) in [5.41, 5.74) is 16.5. The topological polar surface area (TPSA) is 43.6 Å². The van der Waals surface area contributed by atoms with Crippen LogP contribution in [0.25, 0.3) is 95.0 Å². The van der Waals surface area contributed by atoms with E-state index < -0.39 is 0 Å². The van der Waals surface area contributed by atoms with E-state index >= 15 is 0 Å². The van der Waals surface area contributed by atoms with E-state index in [1.165, 1.54) is 55.2 Å². The standard InChI is InChI=1S/C54H38N4/c1-54(2)47-25-11-9-21-43(47)45-24-14-23-42(50(45)54)35-27-30-41(31-28-35)58-48-26-12-10-22-44(48)46-34-39(29-32-49(46)58)38-19-13-20-40(33-38)53-56-51(36-15-5-3-6-16-36)55-52(57-53)37-17-7-4-8-18-37/h3-34H,1-2H3. The van der Waals surface area contributed by atoms with Crippen LogP contribution in [0.1, 0.15) is 25.0 Å². The Bertz CT molecular complexity index is 3120. The van der Waals surface area contributed by atoms with Crippen molar-refractivity contribution in [1.29, 1.82) is 0 Å². The number of benzene rings is 8. The number of rotatable bonds is 6. The molecule has 0 radical (unpaired) electrons. The molecule has 0 N–H and O–H groups in total. The lowest BCUT2D eigenvalue weighted by Crippen LogP contribution is -2.16. The highest BCUT2D eigenvalue weighted by Crippen LogP contribution is 2.52. The molecule has 0 saturated heterocycles. The molecule has 2 aromatic heterocycles. The fourth-order valence-corrected chi connectivity index (χ4v) is 9.08. The van der Waals surface area contributed by atoms with E-state index in [-0.39, 0.29) is 5.41 Å². The first kappa shape index (κ1) is 33.9. The van der Waals surface area contributed by atoms with Gasteiger partial charge in [-0.3, -0.25) is 0 Å². The average Bonchev–Trinajstić information content (AvgIpc) is 3.75. The predicted octanol–water partition coefficient (Wildman–Crippen LogP) is 13.6. The highest BCUT2D eigenvalue weighted by molar-refractivity contribution is 6.10. The Hall–Kier alpha value is -7.43. The van der Waals surface area contributed by atoms with Crippen LogP contribution in [0.15, 0.2) is 194 Å². The zero-order valence-corrected chi connectivity index (χ0v) is 32.3. The van der Waals surface area contributed by atoms with Gasteiger partial charge in [0.05, 0.1) is 11.0 Å². The summed E-state index contributed by atoms with van der Waals surface area (Å²) in [6.07, 6.45) is 0. The zero-order chi connectivity index (χ0) is 38.8. The van der Waals surface area contributed by atoms with Crippen LogP contribution in [0.5, 0.6) is 0 Å². The Morgan fingerprint density at radius 3 is 1.62 bits per heavy atom. The number of nitrogens with zero attached hydrogens (tertiary/aromatic N) is 4. The first-order valence-corrected chi connectivity index (χ1v) is 19.9. The minimum absolute atomic E-state index is 0.0766. The fraction of sp³-hybridized carbons (Fsp3) is 0.0556. The largest absolute Gasteiger partial charge is 0.309 e. The lowest BCUT2D eigenvalue weighted by atomic mass is 9.79. The third-order valence-electron chi connectivity index (χ3n) is 11.8. The van der Waals surface area contributed by atoms with Crippen LogP contribution in [0, 0.1) is 0 Å². The van der Waals surface area contributed by atoms with E-state index in [0.29, 0.717) is 17.5 Å². The van der Waals surface area contributed by atoms with Gasteiger partial charge in [-0.2, -0.15) is 0 Å². The van der Waals surface area contributed by atoms with E-state index in [9.17, 15) is 0 Å². The van der Waals surface area contributed by atoms with Crippen molar-refractivity contribution < 1.29 is 0 Å². The smallest absolute Gasteiger partial charge is 0.164 e. The molecule has 11 rings (SSSR count). The number of aromatic nitrogens is 4. The number of hydrogen-bond acceptors (Lipinski definition) is 3. The van der Waals surface area contributed by atoms with Crippen molar-refractivity contribution in [2.75, 3.05) is 0 Å². The maximum absolute atomic E-state index is 5.00. The van der Waals surface area contributed by atoms with Gasteiger partial charge in [-0.25, -0.2) is 15.0 Å². The normalized spacial score (nSPS) is 12.8. The molecule has 0 unspecified atom stereocenters. The van der Waals surface area contributed by atoms with E-state index in [4.69, 9.17) is 15.0 Å². The lowest BCUT2D eigenvalue weighted by Gasteiger charge is -2.24. The Balaban J connectivity index is 0.983. The van der Waals surface area contributed by atoms with Gasteiger partial charge in [0.15, 0.2) is 17.5 Å². The third kappa shape index (κ3) is 5.48. The Morgan fingerprint density at radius 2 is 0.879 bits per heavy atom. The second-order valence-electron chi connectivity index (χ2n) is 15.6. The molecule has 0 atom stereocenters. The van der Waals surface area contributed by atoms with Crippen LogP contribution in [-0.4, -0.2) is 19.5 Å². The molecule has 0 fully saturated rings. The summed E-state index contributed by atoms with van der Waals surface area (Å²) in [7, 11) is 0. The maximum Gasteiger partial charge on any atom is 0.164 e. The van der Waals surface area contributed by atoms with Gasteiger partial charge in [0, 0.05) is 38.6 Å². The molecular formula is C54H38N4. The Labute approximate surface area is 337 Å². The lowest BCUT2D eigenvalue weighted by molar-refractivity contribution is 0.662. The van der Waals surface area contributed by atoms with E-state index in [1.807, 2.05) is 60.7 Å². The van der Waals surface area contributed by atoms with Crippen molar-refractivity contribution in [2.24, 2.45) is 0 Å². The second kappa shape index (κ2) is 13.4. The van der Waals surface area contributed by atoms with Gasteiger partial charge < -0.3 is 4.57 Å². The van der Waals surface area contributed by atoms with Crippen LogP contribution in [0.2, 0.25) is 0 Å². The molecular weight excluding hydrogens is 705 g/mol. The summed E-state index contributed by atoms with van der Waals surface area (Å²) in [6, 6.07) is 69.1. The van der Waals surface area contributed by atoms with Crippen molar-refractivity contribution in [3.05, 3.63) is 205 Å². The third-order valence-corrected chi connectivity index (χ3v) is 11.8. The van der Waals surface area contributed by atoms with Crippen molar-refractivity contribution in [3.63, 3.8) is 0 Å². The number of hydrogen-bond donors (Lipinski definition) is 0. The van der Waals surface area contributed by atoms with Crippen molar-refractivity contribution in [1.82, 2.24) is 19.5 Å². The zero-order valence-electron chi connectivity index (χ0n) is 32.3. The molecule has 0 spiro atoms. The van der Waals surface area contributed by atoms with E-state index in [0.717, 1.165) is 33.5 Å². The van der Waals surface area contributed by atoms with Crippen LogP contribution in [0.3, 0.4) is 0 Å². The quantitative estimate of drug-likeness (QED) is 0.170. The van der Waals surface area contributed by atoms with Crippen LogP contribution in [0.4, 0.5) is 0 Å². The summed E-state index contributed by atoms with van der Waals surface area (Å²) in [5.74, 6) is 1.95. The molecule has 8 aromatic carbocycles. The summed E-state index contributed by atoms with van der Waals surface area (Å²) < 4.78 is 2.39. The minimum atomic E-state index is -0.0766. The van der Waals surface area contributed by atoms with Crippen LogP contribution in [-0.2, 0) is 5.41 Å². The number of fused-ring (bicyclic) bond motifs is 6. The molecule has 1 aliphatic carbocycles. The molecule has 4 nitrogen and oxygen atoms in total. The maximum atomic E-state index is 5.00. The summed E-state index contributed by atoms with van der Waals surface area (Å²) in [5, 5.41) is 2.43. The molecule has 2 heterocycles. The molecule has 0 amide bonds. The van der Waals surface area contributed by atoms with Crippen molar-refractivity contribution in [3.8, 4) is 73.2 Å². The van der Waals surface area contributed by atoms with Crippen LogP contribution >= 0.6 is 0 Å². The first-order valence-electron chi connectivity index (χ1n) is 19.9. The van der Waals surface area contributed by atoms with Gasteiger partial charge in [0.25, 0.3) is 0 Å². The van der Waals surface area contributed by atoms with Crippen molar-refractivity contribution in [2.45, 2.75) is 19.3 Å². The Morgan fingerprint density at radius 1 is 0.362 bits per heavy atom. The fourth-order valence-electron chi connectivity index (χ4n) is 9.08. The summed E-state index contributed by atoms with van der Waals surface area (Å²) in [4.78, 5) is 14.9. The highest BCUT2D eigenvalue weighted by Gasteiger charge is 2.37. The minimum Gasteiger partial charge on any atom is -0.309 e. The van der Waals surface area contributed by atoms with Gasteiger partial charge in [-0.05, 0) is 80.9 Å². The first-order chi connectivity index (χ1) is 28.5. The van der Waals surface area contributed by atoms with Gasteiger partial charge in [-0.15, -0.1) is 0 Å². The number of para-hydroxylation sites is 1. The van der Waals surface area contributed by atoms with Crippen molar-refractivity contribution >= 4 is 21.8 Å². The molecule has 10 aromatic rings. The van der Waals surface area contributed by atoms with Crippen LogP contribution < -0.4 is 0 Å². The second-order valence-corrected chi connectivity index (χ2v) is 15.6. The predicted molar refractivity (Wildman–Crippen MR) is 239 cm³/mol. The molecule has 4 heteroatoms. The van der Waals surface area contributed by atoms with Gasteiger partial charge in [0.1, 0.15) is 0 Å². The SMILES string of the molecule is CC1(C)c2ccccc2-c2cccc(-c3ccc(-n4c5ccccc5c5cc(-c6cccc(-c7nc(-c8ccccc8)nc(-c8ccccc8)n7)c6)ccc54)cc3)c21. The molecule has 1 aliphatic rings. The molecule has 0 saturated carbocycles. The van der Waals surface area contributed by atoms with E-state index in [1.54, 1.807) is 0 Å². The van der Waals surface area contributed by atoms with E-state index in [2.05, 4.69) is 152 Å².